The van der Waals surface area contributed by atoms with Crippen LogP contribution in [0.2, 0.25) is 5.04 Å². The van der Waals surface area contributed by atoms with Crippen molar-refractivity contribution in [3.63, 3.8) is 0 Å². The zero-order valence-electron chi connectivity index (χ0n) is 15.7. The zero-order valence-corrected chi connectivity index (χ0v) is 16.7. The van der Waals surface area contributed by atoms with E-state index in [9.17, 15) is 0 Å². The standard InChI is InChI=1S/C20H36OSi/c1-8-9-10-11-12-15-20(6,7)22-21-19(16-18(4)5)14-13-17(2)3/h18-19H,2,8-12,15-16H2,1,3-7H3. The van der Waals surface area contributed by atoms with Gasteiger partial charge in [-0.2, -0.15) is 0 Å². The van der Waals surface area contributed by atoms with E-state index in [4.69, 9.17) is 4.43 Å². The van der Waals surface area contributed by atoms with Gasteiger partial charge in [0.15, 0.2) is 0 Å². The molecule has 0 aliphatic heterocycles. The summed E-state index contributed by atoms with van der Waals surface area (Å²) in [6.45, 7) is 17.2. The summed E-state index contributed by atoms with van der Waals surface area (Å²) in [6.07, 6.45) is 9.02. The molecule has 0 aromatic rings. The van der Waals surface area contributed by atoms with Gasteiger partial charge in [-0.05, 0) is 36.3 Å². The Morgan fingerprint density at radius 1 is 1.18 bits per heavy atom. The molecule has 0 spiro atoms. The minimum absolute atomic E-state index is 0.0504. The van der Waals surface area contributed by atoms with Gasteiger partial charge in [0.05, 0.1) is 0 Å². The Morgan fingerprint density at radius 2 is 1.82 bits per heavy atom. The molecular formula is C20H36OSi. The van der Waals surface area contributed by atoms with Crippen molar-refractivity contribution in [2.75, 3.05) is 0 Å². The van der Waals surface area contributed by atoms with E-state index in [1.54, 1.807) is 0 Å². The summed E-state index contributed by atoms with van der Waals surface area (Å²) in [5.41, 5.74) is 0.913. The van der Waals surface area contributed by atoms with Gasteiger partial charge in [-0.1, -0.05) is 85.1 Å². The Morgan fingerprint density at radius 3 is 2.36 bits per heavy atom. The highest BCUT2D eigenvalue weighted by atomic mass is 28.2. The normalized spacial score (nSPS) is 12.9. The Bertz CT molecular complexity index is 360. The van der Waals surface area contributed by atoms with Crippen molar-refractivity contribution < 1.29 is 4.43 Å². The Hall–Kier alpha value is -0.523. The lowest BCUT2D eigenvalue weighted by molar-refractivity contribution is 0.227. The molecule has 0 rings (SSSR count). The number of hydrogen-bond donors (Lipinski definition) is 0. The first-order valence-electron chi connectivity index (χ1n) is 8.86. The van der Waals surface area contributed by atoms with Crippen molar-refractivity contribution in [1.29, 1.82) is 0 Å². The monoisotopic (exact) mass is 320 g/mol. The number of rotatable bonds is 11. The summed E-state index contributed by atoms with van der Waals surface area (Å²) in [7, 11) is 0.522. The molecule has 0 aliphatic carbocycles. The molecule has 0 aromatic heterocycles. The van der Waals surface area contributed by atoms with E-state index in [1.165, 1.54) is 38.5 Å². The third-order valence-electron chi connectivity index (χ3n) is 3.51. The predicted octanol–water partition coefficient (Wildman–Crippen LogP) is 6.18. The van der Waals surface area contributed by atoms with Gasteiger partial charge in [0.1, 0.15) is 6.10 Å². The van der Waals surface area contributed by atoms with E-state index < -0.39 is 0 Å². The molecule has 0 aliphatic rings. The van der Waals surface area contributed by atoms with Crippen molar-refractivity contribution in [2.24, 2.45) is 5.92 Å². The quantitative estimate of drug-likeness (QED) is 0.251. The second-order valence-corrected chi connectivity index (χ2v) is 9.23. The third-order valence-corrected chi connectivity index (χ3v) is 4.72. The lowest BCUT2D eigenvalue weighted by atomic mass is 10.0. The fourth-order valence-electron chi connectivity index (χ4n) is 2.22. The Kier molecular flexibility index (Phi) is 11.7. The van der Waals surface area contributed by atoms with Crippen LogP contribution in [0.25, 0.3) is 0 Å². The number of unbranched alkanes of at least 4 members (excludes halogenated alkanes) is 4. The van der Waals surface area contributed by atoms with Crippen LogP contribution >= 0.6 is 0 Å². The van der Waals surface area contributed by atoms with Crippen LogP contribution in [0.15, 0.2) is 12.2 Å². The highest BCUT2D eigenvalue weighted by Gasteiger charge is 2.22. The fourth-order valence-corrected chi connectivity index (χ4v) is 3.12. The first kappa shape index (κ1) is 21.5. The van der Waals surface area contributed by atoms with Gasteiger partial charge >= 0.3 is 0 Å². The minimum atomic E-state index is 0.0504. The molecule has 2 heteroatoms. The van der Waals surface area contributed by atoms with E-state index in [1.807, 2.05) is 6.92 Å². The summed E-state index contributed by atoms with van der Waals surface area (Å²) in [5.74, 6) is 6.93. The highest BCUT2D eigenvalue weighted by Crippen LogP contribution is 2.31. The highest BCUT2D eigenvalue weighted by molar-refractivity contribution is 6.32. The van der Waals surface area contributed by atoms with E-state index in [0.717, 1.165) is 12.0 Å². The molecule has 2 radical (unpaired) electrons. The summed E-state index contributed by atoms with van der Waals surface area (Å²) in [5, 5.41) is 0.270. The second kappa shape index (κ2) is 12.0. The molecule has 0 N–H and O–H groups in total. The Balaban J connectivity index is 4.25. The maximum atomic E-state index is 6.16. The fraction of sp³-hybridized carbons (Fsp3) is 0.800. The smallest absolute Gasteiger partial charge is 0.237 e. The van der Waals surface area contributed by atoms with Crippen LogP contribution in [0.5, 0.6) is 0 Å². The average Bonchev–Trinajstić information content (AvgIpc) is 2.41. The van der Waals surface area contributed by atoms with E-state index in [0.29, 0.717) is 15.7 Å². The molecule has 126 valence electrons. The lowest BCUT2D eigenvalue weighted by Crippen LogP contribution is -2.23. The second-order valence-electron chi connectivity index (χ2n) is 7.44. The van der Waals surface area contributed by atoms with Crippen LogP contribution < -0.4 is 0 Å². The SMILES string of the molecule is C=C(C)C#CC(CC(C)C)O[Si]C(C)(C)CCCCCCC. The molecule has 1 atom stereocenters. The summed E-state index contributed by atoms with van der Waals surface area (Å²) in [4.78, 5) is 0. The predicted molar refractivity (Wildman–Crippen MR) is 100 cm³/mol. The molecule has 0 heterocycles. The van der Waals surface area contributed by atoms with Crippen LogP contribution in [-0.2, 0) is 4.43 Å². The maximum absolute atomic E-state index is 6.16. The third kappa shape index (κ3) is 13.2. The van der Waals surface area contributed by atoms with E-state index >= 15 is 0 Å². The van der Waals surface area contributed by atoms with Gasteiger partial charge < -0.3 is 4.43 Å². The van der Waals surface area contributed by atoms with Crippen LogP contribution in [0.4, 0.5) is 0 Å². The first-order valence-corrected chi connectivity index (χ1v) is 9.77. The van der Waals surface area contributed by atoms with Gasteiger partial charge in [0, 0.05) is 0 Å². The molecular weight excluding hydrogens is 284 g/mol. The van der Waals surface area contributed by atoms with Crippen LogP contribution in [-0.4, -0.2) is 15.9 Å². The molecule has 0 saturated carbocycles. The van der Waals surface area contributed by atoms with Gasteiger partial charge in [0.25, 0.3) is 0 Å². The topological polar surface area (TPSA) is 9.23 Å². The van der Waals surface area contributed by atoms with Gasteiger partial charge in [-0.15, -0.1) is 0 Å². The summed E-state index contributed by atoms with van der Waals surface area (Å²) >= 11 is 0. The number of hydrogen-bond acceptors (Lipinski definition) is 1. The molecule has 0 amide bonds. The van der Waals surface area contributed by atoms with Crippen molar-refractivity contribution in [3.8, 4) is 11.8 Å². The van der Waals surface area contributed by atoms with Gasteiger partial charge in [-0.3, -0.25) is 0 Å². The molecule has 1 unspecified atom stereocenters. The lowest BCUT2D eigenvalue weighted by Gasteiger charge is -2.25. The molecule has 0 fully saturated rings. The molecule has 0 aromatic carbocycles. The van der Waals surface area contributed by atoms with E-state index in [-0.39, 0.29) is 11.1 Å². The van der Waals surface area contributed by atoms with Crippen LogP contribution in [0.1, 0.15) is 86.5 Å². The van der Waals surface area contributed by atoms with Crippen LogP contribution in [0.3, 0.4) is 0 Å². The maximum Gasteiger partial charge on any atom is 0.237 e. The molecule has 0 saturated heterocycles. The van der Waals surface area contributed by atoms with Crippen molar-refractivity contribution in [1.82, 2.24) is 0 Å². The molecule has 0 bridgehead atoms. The van der Waals surface area contributed by atoms with Gasteiger partial charge in [0.2, 0.25) is 9.76 Å². The minimum Gasteiger partial charge on any atom is -0.403 e. The average molecular weight is 321 g/mol. The van der Waals surface area contributed by atoms with Crippen molar-refractivity contribution in [3.05, 3.63) is 12.2 Å². The van der Waals surface area contributed by atoms with Crippen molar-refractivity contribution >= 4 is 9.76 Å². The summed E-state index contributed by atoms with van der Waals surface area (Å²) < 4.78 is 6.16. The Labute approximate surface area is 142 Å². The zero-order chi connectivity index (χ0) is 17.0. The van der Waals surface area contributed by atoms with Gasteiger partial charge in [-0.25, -0.2) is 0 Å². The summed E-state index contributed by atoms with van der Waals surface area (Å²) in [6, 6.07) is 0. The van der Waals surface area contributed by atoms with Crippen molar-refractivity contribution in [2.45, 2.75) is 97.6 Å². The first-order chi connectivity index (χ1) is 10.3. The van der Waals surface area contributed by atoms with E-state index in [2.05, 4.69) is 53.0 Å². The largest absolute Gasteiger partial charge is 0.403 e. The molecule has 22 heavy (non-hydrogen) atoms. The van der Waals surface area contributed by atoms with Crippen LogP contribution in [0, 0.1) is 17.8 Å². The number of allylic oxidation sites excluding steroid dienone is 1. The molecule has 1 nitrogen and oxygen atoms in total.